The normalized spacial score (nSPS) is 14.0. The first-order valence-electron chi connectivity index (χ1n) is 4.70. The Bertz CT molecular complexity index is 334. The molecule has 1 atom stereocenters. The molecule has 0 bridgehead atoms. The lowest BCUT2D eigenvalue weighted by molar-refractivity contribution is 0.131. The van der Waals surface area contributed by atoms with Crippen molar-refractivity contribution in [3.8, 4) is 0 Å². The number of aliphatic hydroxyl groups excluding tert-OH is 1. The quantitative estimate of drug-likeness (QED) is 0.840. The largest absolute Gasteiger partial charge is 0.396 e. The summed E-state index contributed by atoms with van der Waals surface area (Å²) in [6, 6.07) is 3.80. The number of benzene rings is 1. The second kappa shape index (κ2) is 4.47. The monoisotopic (exact) mass is 231 g/mol. The maximum Gasteiger partial charge on any atom is 0.129 e. The summed E-state index contributed by atoms with van der Waals surface area (Å²) in [5, 5.41) is 9.46. The fourth-order valence-corrected chi connectivity index (χ4v) is 1.58. The van der Waals surface area contributed by atoms with Crippen LogP contribution >= 0.6 is 11.6 Å². The van der Waals surface area contributed by atoms with E-state index in [0.29, 0.717) is 5.02 Å². The van der Waals surface area contributed by atoms with Gasteiger partial charge in [0.1, 0.15) is 5.82 Å². The fourth-order valence-electron chi connectivity index (χ4n) is 1.30. The Labute approximate surface area is 93.9 Å². The van der Waals surface area contributed by atoms with Crippen molar-refractivity contribution in [1.82, 2.24) is 0 Å². The van der Waals surface area contributed by atoms with Crippen LogP contribution in [0.4, 0.5) is 4.39 Å². The zero-order chi connectivity index (χ0) is 11.6. The molecule has 3 N–H and O–H groups in total. The number of nitrogens with two attached hydrogens (primary N) is 1. The predicted molar refractivity (Wildman–Crippen MR) is 59.2 cm³/mol. The number of hydrogen-bond donors (Lipinski definition) is 2. The maximum atomic E-state index is 13.5. The molecule has 0 fully saturated rings. The third-order valence-electron chi connectivity index (χ3n) is 2.56. The topological polar surface area (TPSA) is 46.2 Å². The minimum Gasteiger partial charge on any atom is -0.396 e. The summed E-state index contributed by atoms with van der Waals surface area (Å²) < 4.78 is 13.5. The van der Waals surface area contributed by atoms with E-state index in [4.69, 9.17) is 22.4 Å². The molecule has 0 saturated heterocycles. The molecule has 0 amide bonds. The van der Waals surface area contributed by atoms with Crippen molar-refractivity contribution in [1.29, 1.82) is 0 Å². The lowest BCUT2D eigenvalue weighted by atomic mass is 9.81. The molecule has 2 nitrogen and oxygen atoms in total. The Balaban J connectivity index is 3.16. The second-order valence-corrected chi connectivity index (χ2v) is 4.67. The van der Waals surface area contributed by atoms with Crippen LogP contribution in [0.25, 0.3) is 0 Å². The van der Waals surface area contributed by atoms with Gasteiger partial charge in [0.2, 0.25) is 0 Å². The molecule has 1 aromatic carbocycles. The highest BCUT2D eigenvalue weighted by atomic mass is 35.5. The van der Waals surface area contributed by atoms with Gasteiger partial charge in [-0.15, -0.1) is 0 Å². The molecule has 4 heteroatoms. The molecule has 0 unspecified atom stereocenters. The van der Waals surface area contributed by atoms with Gasteiger partial charge in [0.25, 0.3) is 0 Å². The van der Waals surface area contributed by atoms with Gasteiger partial charge in [0.15, 0.2) is 0 Å². The molecule has 0 aromatic heterocycles. The number of halogens is 2. The van der Waals surface area contributed by atoms with E-state index < -0.39 is 17.3 Å². The first-order chi connectivity index (χ1) is 6.90. The van der Waals surface area contributed by atoms with Crippen LogP contribution in [0, 0.1) is 11.2 Å². The zero-order valence-electron chi connectivity index (χ0n) is 8.80. The van der Waals surface area contributed by atoms with Gasteiger partial charge in [0.05, 0.1) is 0 Å². The van der Waals surface area contributed by atoms with Crippen molar-refractivity contribution in [2.24, 2.45) is 11.1 Å². The molecule has 0 radical (unpaired) electrons. The van der Waals surface area contributed by atoms with Crippen molar-refractivity contribution in [3.63, 3.8) is 0 Å². The van der Waals surface area contributed by atoms with E-state index in [-0.39, 0.29) is 12.2 Å². The second-order valence-electron chi connectivity index (χ2n) is 4.26. The SMILES string of the molecule is CC(C)(CO)[C@H](N)c1c(F)cccc1Cl. The van der Waals surface area contributed by atoms with Crippen molar-refractivity contribution < 1.29 is 9.50 Å². The average molecular weight is 232 g/mol. The van der Waals surface area contributed by atoms with Crippen LogP contribution in [-0.2, 0) is 0 Å². The van der Waals surface area contributed by atoms with Crippen LogP contribution in [-0.4, -0.2) is 11.7 Å². The lowest BCUT2D eigenvalue weighted by Crippen LogP contribution is -2.33. The van der Waals surface area contributed by atoms with Gasteiger partial charge in [-0.1, -0.05) is 31.5 Å². The maximum absolute atomic E-state index is 13.5. The molecule has 1 rings (SSSR count). The van der Waals surface area contributed by atoms with Gasteiger partial charge < -0.3 is 10.8 Å². The smallest absolute Gasteiger partial charge is 0.129 e. The molecule has 0 saturated carbocycles. The molecule has 1 aromatic rings. The van der Waals surface area contributed by atoms with E-state index in [1.807, 2.05) is 0 Å². The first-order valence-corrected chi connectivity index (χ1v) is 5.08. The Hall–Kier alpha value is -0.640. The van der Waals surface area contributed by atoms with E-state index in [1.165, 1.54) is 12.1 Å². The zero-order valence-corrected chi connectivity index (χ0v) is 9.55. The van der Waals surface area contributed by atoms with E-state index in [0.717, 1.165) is 0 Å². The minimum atomic E-state index is -0.629. The van der Waals surface area contributed by atoms with E-state index in [2.05, 4.69) is 0 Å². The highest BCUT2D eigenvalue weighted by molar-refractivity contribution is 6.31. The summed E-state index contributed by atoms with van der Waals surface area (Å²) >= 11 is 5.89. The van der Waals surface area contributed by atoms with Gasteiger partial charge in [-0.3, -0.25) is 0 Å². The Morgan fingerprint density at radius 1 is 1.53 bits per heavy atom. The van der Waals surface area contributed by atoms with Crippen molar-refractivity contribution >= 4 is 11.6 Å². The minimum absolute atomic E-state index is 0.126. The van der Waals surface area contributed by atoms with Crippen LogP contribution in [0.1, 0.15) is 25.5 Å². The van der Waals surface area contributed by atoms with Gasteiger partial charge in [-0.05, 0) is 12.1 Å². The summed E-state index contributed by atoms with van der Waals surface area (Å²) in [6.45, 7) is 3.40. The summed E-state index contributed by atoms with van der Waals surface area (Å²) in [6.07, 6.45) is 0. The van der Waals surface area contributed by atoms with Gasteiger partial charge in [0, 0.05) is 28.6 Å². The fraction of sp³-hybridized carbons (Fsp3) is 0.455. The van der Waals surface area contributed by atoms with Gasteiger partial charge >= 0.3 is 0 Å². The Morgan fingerprint density at radius 3 is 2.60 bits per heavy atom. The van der Waals surface area contributed by atoms with Crippen LogP contribution in [0.3, 0.4) is 0 Å². The molecule has 0 aliphatic heterocycles. The third kappa shape index (κ3) is 2.48. The standard InChI is InChI=1S/C11H15ClFNO/c1-11(2,6-15)10(14)9-7(12)4-3-5-8(9)13/h3-5,10,15H,6,14H2,1-2H3/t10-/m1/s1. The highest BCUT2D eigenvalue weighted by Gasteiger charge is 2.30. The molecule has 84 valence electrons. The van der Waals surface area contributed by atoms with Crippen molar-refractivity contribution in [3.05, 3.63) is 34.6 Å². The van der Waals surface area contributed by atoms with Crippen LogP contribution in [0.5, 0.6) is 0 Å². The lowest BCUT2D eigenvalue weighted by Gasteiger charge is -2.30. The Kier molecular flexibility index (Phi) is 3.71. The number of rotatable bonds is 3. The summed E-state index contributed by atoms with van der Waals surface area (Å²) in [4.78, 5) is 0. The molecule has 0 spiro atoms. The van der Waals surface area contributed by atoms with Crippen LogP contribution in [0.2, 0.25) is 5.02 Å². The third-order valence-corrected chi connectivity index (χ3v) is 2.89. The number of aliphatic hydroxyl groups is 1. The summed E-state index contributed by atoms with van der Waals surface area (Å²) in [5.74, 6) is -0.434. The van der Waals surface area contributed by atoms with E-state index in [9.17, 15) is 4.39 Å². The van der Waals surface area contributed by atoms with Crippen LogP contribution < -0.4 is 5.73 Å². The molecule has 15 heavy (non-hydrogen) atoms. The van der Waals surface area contributed by atoms with E-state index >= 15 is 0 Å². The molecule has 0 aliphatic rings. The van der Waals surface area contributed by atoms with Crippen molar-refractivity contribution in [2.45, 2.75) is 19.9 Å². The predicted octanol–water partition coefficient (Wildman–Crippen LogP) is 2.50. The molecular formula is C11H15ClFNO. The average Bonchev–Trinajstić information content (AvgIpc) is 2.17. The Morgan fingerprint density at radius 2 is 2.13 bits per heavy atom. The summed E-state index contributed by atoms with van der Waals surface area (Å²) in [5.41, 5.74) is 5.56. The molecular weight excluding hydrogens is 217 g/mol. The molecule has 0 aliphatic carbocycles. The number of hydrogen-bond acceptors (Lipinski definition) is 2. The summed E-state index contributed by atoms with van der Waals surface area (Å²) in [7, 11) is 0. The van der Waals surface area contributed by atoms with Gasteiger partial charge in [-0.2, -0.15) is 0 Å². The van der Waals surface area contributed by atoms with E-state index in [1.54, 1.807) is 19.9 Å². The molecule has 0 heterocycles. The van der Waals surface area contributed by atoms with Gasteiger partial charge in [-0.25, -0.2) is 4.39 Å². The highest BCUT2D eigenvalue weighted by Crippen LogP contribution is 2.35. The van der Waals surface area contributed by atoms with Crippen LogP contribution in [0.15, 0.2) is 18.2 Å². The van der Waals surface area contributed by atoms with Crippen molar-refractivity contribution in [2.75, 3.05) is 6.61 Å². The first kappa shape index (κ1) is 12.4.